The van der Waals surface area contributed by atoms with Crippen LogP contribution >= 0.6 is 0 Å². The number of amides is 2. The van der Waals surface area contributed by atoms with Gasteiger partial charge in [0.15, 0.2) is 0 Å². The molecule has 0 aromatic heterocycles. The number of nitrogens with two attached hydrogens (primary N) is 1. The first kappa shape index (κ1) is 13.6. The van der Waals surface area contributed by atoms with E-state index in [4.69, 9.17) is 15.3 Å². The van der Waals surface area contributed by atoms with Crippen molar-refractivity contribution in [1.29, 1.82) is 0 Å². The van der Waals surface area contributed by atoms with Gasteiger partial charge in [-0.05, 0) is 12.1 Å². The molecule has 0 aliphatic carbocycles. The lowest BCUT2D eigenvalue weighted by molar-refractivity contribution is 0.0257. The fraction of sp³-hybridized carbons (Fsp3) is 0.462. The quantitative estimate of drug-likeness (QED) is 0.490. The lowest BCUT2D eigenvalue weighted by atomic mass is 10.1. The van der Waals surface area contributed by atoms with Crippen molar-refractivity contribution in [2.45, 2.75) is 18.9 Å². The summed E-state index contributed by atoms with van der Waals surface area (Å²) in [6.07, 6.45) is 1.80. The second-order valence-corrected chi connectivity index (χ2v) is 4.32. The van der Waals surface area contributed by atoms with Crippen LogP contribution in [0.5, 0.6) is 5.75 Å². The molecule has 3 N–H and O–H groups in total. The molecule has 1 aliphatic heterocycles. The number of hydrogen-bond acceptors (Lipinski definition) is 4. The SMILES string of the molecule is CNC(=O)N(N)c1ccccc1OC1CCOCC1. The standard InChI is InChI=1S/C13H19N3O3/c1-15-13(17)16(14)11-4-2-3-5-12(11)19-10-6-8-18-9-7-10/h2-5,10H,6-9,14H2,1H3,(H,15,17). The Balaban J connectivity index is 2.13. The molecule has 1 aromatic rings. The molecule has 0 saturated carbocycles. The lowest BCUT2D eigenvalue weighted by Crippen LogP contribution is -2.43. The summed E-state index contributed by atoms with van der Waals surface area (Å²) in [5, 5.41) is 3.53. The van der Waals surface area contributed by atoms with Crippen LogP contribution in [0.3, 0.4) is 0 Å². The largest absolute Gasteiger partial charge is 0.488 e. The first-order valence-corrected chi connectivity index (χ1v) is 6.32. The number of hydrogen-bond donors (Lipinski definition) is 2. The van der Waals surface area contributed by atoms with Crippen molar-refractivity contribution < 1.29 is 14.3 Å². The van der Waals surface area contributed by atoms with Crippen molar-refractivity contribution in [1.82, 2.24) is 5.32 Å². The number of anilines is 1. The second kappa shape index (κ2) is 6.40. The summed E-state index contributed by atoms with van der Waals surface area (Å²) in [5.74, 6) is 6.38. The molecule has 0 unspecified atom stereocenters. The molecule has 2 rings (SSSR count). The maximum atomic E-state index is 11.6. The number of rotatable bonds is 3. The highest BCUT2D eigenvalue weighted by molar-refractivity contribution is 5.92. The first-order chi connectivity index (χ1) is 9.22. The third-order valence-electron chi connectivity index (χ3n) is 3.02. The zero-order valence-electron chi connectivity index (χ0n) is 11.0. The molecule has 19 heavy (non-hydrogen) atoms. The fourth-order valence-corrected chi connectivity index (χ4v) is 1.96. The van der Waals surface area contributed by atoms with Gasteiger partial charge < -0.3 is 14.8 Å². The summed E-state index contributed by atoms with van der Waals surface area (Å²) in [5.41, 5.74) is 0.549. The molecule has 6 heteroatoms. The smallest absolute Gasteiger partial charge is 0.336 e. The van der Waals surface area contributed by atoms with Crippen LogP contribution in [-0.4, -0.2) is 32.4 Å². The minimum absolute atomic E-state index is 0.105. The maximum Gasteiger partial charge on any atom is 0.336 e. The van der Waals surface area contributed by atoms with Crippen molar-refractivity contribution in [3.8, 4) is 5.75 Å². The van der Waals surface area contributed by atoms with Crippen molar-refractivity contribution in [3.63, 3.8) is 0 Å². The van der Waals surface area contributed by atoms with Crippen LogP contribution in [0.4, 0.5) is 10.5 Å². The minimum Gasteiger partial charge on any atom is -0.488 e. The Bertz CT molecular complexity index is 433. The average molecular weight is 265 g/mol. The number of hydrazine groups is 1. The van der Waals surface area contributed by atoms with Gasteiger partial charge in [-0.3, -0.25) is 0 Å². The Morgan fingerprint density at radius 1 is 1.42 bits per heavy atom. The molecule has 0 radical (unpaired) electrons. The second-order valence-electron chi connectivity index (χ2n) is 4.32. The van der Waals surface area contributed by atoms with E-state index in [0.717, 1.165) is 17.9 Å². The Morgan fingerprint density at radius 2 is 2.11 bits per heavy atom. The Labute approximate surface area is 112 Å². The van der Waals surface area contributed by atoms with E-state index in [-0.39, 0.29) is 12.1 Å². The van der Waals surface area contributed by atoms with E-state index >= 15 is 0 Å². The zero-order valence-corrected chi connectivity index (χ0v) is 11.0. The highest BCUT2D eigenvalue weighted by Gasteiger charge is 2.19. The van der Waals surface area contributed by atoms with Gasteiger partial charge in [-0.15, -0.1) is 0 Å². The Kier molecular flexibility index (Phi) is 4.59. The van der Waals surface area contributed by atoms with E-state index < -0.39 is 0 Å². The third kappa shape index (κ3) is 3.36. The molecule has 2 amide bonds. The van der Waals surface area contributed by atoms with Gasteiger partial charge >= 0.3 is 6.03 Å². The summed E-state index contributed by atoms with van der Waals surface area (Å²) in [7, 11) is 1.53. The molecule has 1 aromatic carbocycles. The van der Waals surface area contributed by atoms with Crippen LogP contribution in [0.15, 0.2) is 24.3 Å². The average Bonchev–Trinajstić information content (AvgIpc) is 2.47. The van der Waals surface area contributed by atoms with E-state index in [2.05, 4.69) is 5.32 Å². The van der Waals surface area contributed by atoms with Crippen LogP contribution in [0.2, 0.25) is 0 Å². The minimum atomic E-state index is -0.386. The Morgan fingerprint density at radius 3 is 2.79 bits per heavy atom. The number of carbonyl (C=O) groups is 1. The van der Waals surface area contributed by atoms with E-state index in [0.29, 0.717) is 24.7 Å². The van der Waals surface area contributed by atoms with Gasteiger partial charge in [-0.25, -0.2) is 15.6 Å². The maximum absolute atomic E-state index is 11.6. The van der Waals surface area contributed by atoms with Crippen molar-refractivity contribution in [3.05, 3.63) is 24.3 Å². The topological polar surface area (TPSA) is 76.8 Å². The molecule has 1 saturated heterocycles. The monoisotopic (exact) mass is 265 g/mol. The molecule has 1 aliphatic rings. The molecule has 0 spiro atoms. The van der Waals surface area contributed by atoms with Gasteiger partial charge in [0, 0.05) is 19.9 Å². The number of nitrogens with one attached hydrogen (secondary N) is 1. The van der Waals surface area contributed by atoms with Crippen molar-refractivity contribution in [2.24, 2.45) is 5.84 Å². The van der Waals surface area contributed by atoms with E-state index in [1.807, 2.05) is 18.2 Å². The van der Waals surface area contributed by atoms with Crippen molar-refractivity contribution in [2.75, 3.05) is 25.3 Å². The van der Waals surface area contributed by atoms with Crippen molar-refractivity contribution >= 4 is 11.7 Å². The first-order valence-electron chi connectivity index (χ1n) is 6.32. The summed E-state index contributed by atoms with van der Waals surface area (Å²) < 4.78 is 11.2. The van der Waals surface area contributed by atoms with Gasteiger partial charge in [0.05, 0.1) is 13.2 Å². The predicted molar refractivity (Wildman–Crippen MR) is 72.0 cm³/mol. The highest BCUT2D eigenvalue weighted by Crippen LogP contribution is 2.28. The van der Waals surface area contributed by atoms with Crippen LogP contribution in [-0.2, 0) is 4.74 Å². The summed E-state index contributed by atoms with van der Waals surface area (Å²) in [6.45, 7) is 1.41. The highest BCUT2D eigenvalue weighted by atomic mass is 16.5. The fourth-order valence-electron chi connectivity index (χ4n) is 1.96. The number of nitrogens with zero attached hydrogens (tertiary/aromatic N) is 1. The molecular weight excluding hydrogens is 246 g/mol. The normalized spacial score (nSPS) is 15.9. The molecule has 1 fully saturated rings. The summed E-state index contributed by atoms with van der Waals surface area (Å²) >= 11 is 0. The number of carbonyl (C=O) groups excluding carboxylic acids is 1. The van der Waals surface area contributed by atoms with E-state index in [9.17, 15) is 4.79 Å². The molecule has 6 nitrogen and oxygen atoms in total. The van der Waals surface area contributed by atoms with E-state index in [1.54, 1.807) is 6.07 Å². The van der Waals surface area contributed by atoms with Crippen LogP contribution in [0.1, 0.15) is 12.8 Å². The number of urea groups is 1. The summed E-state index contributed by atoms with van der Waals surface area (Å²) in [4.78, 5) is 11.6. The number of para-hydroxylation sites is 2. The van der Waals surface area contributed by atoms with Crippen LogP contribution < -0.4 is 20.9 Å². The molecule has 0 bridgehead atoms. The van der Waals surface area contributed by atoms with Gasteiger partial charge in [0.2, 0.25) is 0 Å². The van der Waals surface area contributed by atoms with E-state index in [1.165, 1.54) is 7.05 Å². The molecule has 0 atom stereocenters. The van der Waals surface area contributed by atoms with Crippen LogP contribution in [0.25, 0.3) is 0 Å². The van der Waals surface area contributed by atoms with Gasteiger partial charge in [-0.1, -0.05) is 12.1 Å². The van der Waals surface area contributed by atoms with Gasteiger partial charge in [0.25, 0.3) is 0 Å². The predicted octanol–water partition coefficient (Wildman–Crippen LogP) is 1.26. The zero-order chi connectivity index (χ0) is 13.7. The Hall–Kier alpha value is -1.79. The number of benzene rings is 1. The third-order valence-corrected chi connectivity index (χ3v) is 3.02. The molecule has 1 heterocycles. The number of ether oxygens (including phenoxy) is 2. The lowest BCUT2D eigenvalue weighted by Gasteiger charge is -2.26. The van der Waals surface area contributed by atoms with Gasteiger partial charge in [0.1, 0.15) is 17.5 Å². The van der Waals surface area contributed by atoms with Crippen LogP contribution in [0, 0.1) is 0 Å². The molecule has 104 valence electrons. The summed E-state index contributed by atoms with van der Waals surface area (Å²) in [6, 6.07) is 6.85. The molecular formula is C13H19N3O3. The van der Waals surface area contributed by atoms with Gasteiger partial charge in [-0.2, -0.15) is 0 Å².